The van der Waals surface area contributed by atoms with E-state index in [9.17, 15) is 4.79 Å². The topological polar surface area (TPSA) is 68.5 Å². The molecule has 1 fully saturated rings. The highest BCUT2D eigenvalue weighted by Gasteiger charge is 2.35. The van der Waals surface area contributed by atoms with Crippen molar-refractivity contribution < 1.29 is 9.53 Å². The first-order valence-electron chi connectivity index (χ1n) is 7.87. The minimum Gasteiger partial charge on any atom is -0.456 e. The van der Waals surface area contributed by atoms with Crippen LogP contribution in [0, 0.1) is 5.41 Å². The molecule has 1 aromatic heterocycles. The van der Waals surface area contributed by atoms with Gasteiger partial charge in [0.15, 0.2) is 0 Å². The van der Waals surface area contributed by atoms with Gasteiger partial charge >= 0.3 is 0 Å². The quantitative estimate of drug-likeness (QED) is 0.808. The maximum atomic E-state index is 12.6. The predicted molar refractivity (Wildman–Crippen MR) is 108 cm³/mol. The van der Waals surface area contributed by atoms with Crippen molar-refractivity contribution in [3.63, 3.8) is 0 Å². The third-order valence-electron chi connectivity index (χ3n) is 4.39. The number of carbonyl (C=O) groups is 1. The highest BCUT2D eigenvalue weighted by molar-refractivity contribution is 6.32. The second kappa shape index (κ2) is 9.42. The van der Waals surface area contributed by atoms with Crippen LogP contribution in [0.5, 0.6) is 11.5 Å². The number of aromatic nitrogens is 1. The molecule has 0 aliphatic carbocycles. The Morgan fingerprint density at radius 2 is 2.00 bits per heavy atom. The van der Waals surface area contributed by atoms with Crippen LogP contribution < -0.4 is 10.5 Å². The fraction of sp³-hybridized carbons (Fsp3) is 0.333. The molecule has 0 radical (unpaired) electrons. The summed E-state index contributed by atoms with van der Waals surface area (Å²) in [4.78, 5) is 18.4. The van der Waals surface area contributed by atoms with Gasteiger partial charge in [0, 0.05) is 31.0 Å². The van der Waals surface area contributed by atoms with E-state index in [1.165, 1.54) is 0 Å². The Hall–Kier alpha value is -1.53. The van der Waals surface area contributed by atoms with Crippen molar-refractivity contribution in [1.82, 2.24) is 9.88 Å². The Labute approximate surface area is 170 Å². The maximum absolute atomic E-state index is 12.6. The Morgan fingerprint density at radius 1 is 1.31 bits per heavy atom. The molecule has 8 heteroatoms. The summed E-state index contributed by atoms with van der Waals surface area (Å²) in [7, 11) is 0. The van der Waals surface area contributed by atoms with Gasteiger partial charge in [-0.25, -0.2) is 0 Å². The van der Waals surface area contributed by atoms with Crippen molar-refractivity contribution in [1.29, 1.82) is 0 Å². The molecule has 2 N–H and O–H groups in total. The number of nitrogens with zero attached hydrogens (tertiary/aromatic N) is 2. The average Bonchev–Trinajstić information content (AvgIpc) is 3.00. The van der Waals surface area contributed by atoms with Gasteiger partial charge in [-0.15, -0.1) is 24.8 Å². The van der Waals surface area contributed by atoms with E-state index in [4.69, 9.17) is 22.1 Å². The lowest BCUT2D eigenvalue weighted by atomic mass is 9.90. The number of nitrogens with two attached hydrogens (primary N) is 1. The lowest BCUT2D eigenvalue weighted by Gasteiger charge is -2.22. The first-order chi connectivity index (χ1) is 11.5. The van der Waals surface area contributed by atoms with Gasteiger partial charge in [-0.3, -0.25) is 9.78 Å². The van der Waals surface area contributed by atoms with Gasteiger partial charge in [-0.05, 0) is 48.7 Å². The molecule has 0 bridgehead atoms. The molecule has 1 atom stereocenters. The number of rotatable bonds is 4. The normalized spacial score (nSPS) is 18.7. The van der Waals surface area contributed by atoms with Gasteiger partial charge in [0.2, 0.25) is 0 Å². The van der Waals surface area contributed by atoms with Crippen LogP contribution >= 0.6 is 36.4 Å². The van der Waals surface area contributed by atoms with Crippen LogP contribution in [0.3, 0.4) is 0 Å². The molecule has 2 heterocycles. The molecular weight excluding hydrogens is 397 g/mol. The zero-order chi connectivity index (χ0) is 17.2. The first-order valence-corrected chi connectivity index (χ1v) is 8.25. The summed E-state index contributed by atoms with van der Waals surface area (Å²) in [6.45, 7) is 4.09. The van der Waals surface area contributed by atoms with Gasteiger partial charge in [0.1, 0.15) is 11.5 Å². The van der Waals surface area contributed by atoms with E-state index in [2.05, 4.69) is 11.9 Å². The molecule has 2 aromatic rings. The van der Waals surface area contributed by atoms with Crippen LogP contribution in [0.2, 0.25) is 5.02 Å². The summed E-state index contributed by atoms with van der Waals surface area (Å²) in [5.74, 6) is 1.13. The van der Waals surface area contributed by atoms with E-state index < -0.39 is 0 Å². The molecule has 26 heavy (non-hydrogen) atoms. The van der Waals surface area contributed by atoms with Crippen molar-refractivity contribution in [3.8, 4) is 11.5 Å². The number of hydrogen-bond donors (Lipinski definition) is 1. The van der Waals surface area contributed by atoms with Gasteiger partial charge in [0.05, 0.1) is 5.02 Å². The Morgan fingerprint density at radius 3 is 2.58 bits per heavy atom. The fourth-order valence-electron chi connectivity index (χ4n) is 2.80. The Bertz CT molecular complexity index is 746. The average molecular weight is 419 g/mol. The lowest BCUT2D eigenvalue weighted by molar-refractivity contribution is 0.0777. The minimum atomic E-state index is -0.0236. The van der Waals surface area contributed by atoms with Crippen molar-refractivity contribution in [2.75, 3.05) is 19.6 Å². The molecule has 1 aliphatic heterocycles. The van der Waals surface area contributed by atoms with Crippen molar-refractivity contribution in [2.45, 2.75) is 13.3 Å². The van der Waals surface area contributed by atoms with E-state index in [-0.39, 0.29) is 36.1 Å². The van der Waals surface area contributed by atoms with Crippen molar-refractivity contribution >= 4 is 42.3 Å². The lowest BCUT2D eigenvalue weighted by Crippen LogP contribution is -2.34. The third kappa shape index (κ3) is 5.01. The van der Waals surface area contributed by atoms with E-state index in [1.54, 1.807) is 42.7 Å². The van der Waals surface area contributed by atoms with Crippen LogP contribution in [-0.2, 0) is 0 Å². The summed E-state index contributed by atoms with van der Waals surface area (Å²) in [5, 5.41) is 0.401. The van der Waals surface area contributed by atoms with Crippen LogP contribution in [-0.4, -0.2) is 35.4 Å². The summed E-state index contributed by atoms with van der Waals surface area (Å²) >= 11 is 6.28. The smallest absolute Gasteiger partial charge is 0.253 e. The number of ether oxygens (including phenoxy) is 1. The number of amides is 1. The molecule has 5 nitrogen and oxygen atoms in total. The molecule has 0 spiro atoms. The Balaban J connectivity index is 0.00000169. The van der Waals surface area contributed by atoms with Gasteiger partial charge < -0.3 is 15.4 Å². The SMILES string of the molecule is CC1(CN)CCN(C(=O)c2ccc(Oc3ccncc3)c(Cl)c2)C1.Cl.Cl. The molecule has 1 aliphatic rings. The molecule has 0 saturated carbocycles. The maximum Gasteiger partial charge on any atom is 0.253 e. The number of carbonyl (C=O) groups excluding carboxylic acids is 1. The van der Waals surface area contributed by atoms with Gasteiger partial charge in [-0.1, -0.05) is 18.5 Å². The molecule has 142 valence electrons. The zero-order valence-corrected chi connectivity index (χ0v) is 16.7. The van der Waals surface area contributed by atoms with Crippen LogP contribution in [0.25, 0.3) is 0 Å². The number of benzene rings is 1. The summed E-state index contributed by atoms with van der Waals surface area (Å²) in [6.07, 6.45) is 4.21. The number of pyridine rings is 1. The highest BCUT2D eigenvalue weighted by Crippen LogP contribution is 2.32. The van der Waals surface area contributed by atoms with Crippen LogP contribution in [0.4, 0.5) is 0 Å². The monoisotopic (exact) mass is 417 g/mol. The van der Waals surface area contributed by atoms with E-state index >= 15 is 0 Å². The van der Waals surface area contributed by atoms with Gasteiger partial charge in [0.25, 0.3) is 5.91 Å². The summed E-state index contributed by atoms with van der Waals surface area (Å²) in [5.41, 5.74) is 6.37. The van der Waals surface area contributed by atoms with Crippen LogP contribution in [0.15, 0.2) is 42.7 Å². The highest BCUT2D eigenvalue weighted by atomic mass is 35.5. The summed E-state index contributed by atoms with van der Waals surface area (Å²) < 4.78 is 5.71. The molecule has 1 aromatic carbocycles. The standard InChI is InChI=1S/C18H20ClN3O2.2ClH/c1-18(11-20)6-9-22(12-18)17(23)13-2-3-16(15(19)10-13)24-14-4-7-21-8-5-14;;/h2-5,7-8,10H,6,9,11-12,20H2,1H3;2*1H. The van der Waals surface area contributed by atoms with Crippen molar-refractivity contribution in [3.05, 3.63) is 53.3 Å². The number of likely N-dealkylation sites (tertiary alicyclic amines) is 1. The first kappa shape index (κ1) is 22.5. The van der Waals surface area contributed by atoms with Crippen LogP contribution in [0.1, 0.15) is 23.7 Å². The zero-order valence-electron chi connectivity index (χ0n) is 14.4. The minimum absolute atomic E-state index is 0. The molecular formula is C18H22Cl3N3O2. The third-order valence-corrected chi connectivity index (χ3v) is 4.69. The second-order valence-corrected chi connectivity index (χ2v) is 6.83. The van der Waals surface area contributed by atoms with E-state index in [0.29, 0.717) is 35.2 Å². The molecule has 1 saturated heterocycles. The molecule has 1 amide bonds. The number of hydrogen-bond acceptors (Lipinski definition) is 4. The summed E-state index contributed by atoms with van der Waals surface area (Å²) in [6, 6.07) is 8.59. The van der Waals surface area contributed by atoms with Crippen molar-refractivity contribution in [2.24, 2.45) is 11.1 Å². The molecule has 1 unspecified atom stereocenters. The number of halogens is 3. The second-order valence-electron chi connectivity index (χ2n) is 6.42. The predicted octanol–water partition coefficient (Wildman–Crippen LogP) is 4.18. The van der Waals surface area contributed by atoms with Gasteiger partial charge in [-0.2, -0.15) is 0 Å². The Kier molecular flexibility index (Phi) is 8.15. The van der Waals surface area contributed by atoms with E-state index in [0.717, 1.165) is 13.0 Å². The fourth-order valence-corrected chi connectivity index (χ4v) is 3.02. The van der Waals surface area contributed by atoms with E-state index in [1.807, 2.05) is 4.90 Å². The molecule has 3 rings (SSSR count). The largest absolute Gasteiger partial charge is 0.456 e.